The molecule has 0 spiro atoms. The number of amides is 1. The van der Waals surface area contributed by atoms with Crippen LogP contribution < -0.4 is 10.2 Å². The first-order chi connectivity index (χ1) is 14.3. The highest BCUT2D eigenvalue weighted by molar-refractivity contribution is 5.87. The number of rotatable bonds is 6. The minimum Gasteiger partial charge on any atom is -0.370 e. The Labute approximate surface area is 172 Å². The van der Waals surface area contributed by atoms with Crippen molar-refractivity contribution in [2.24, 2.45) is 5.92 Å². The summed E-state index contributed by atoms with van der Waals surface area (Å²) in [6, 6.07) is 24.2. The maximum Gasteiger partial charge on any atom is 0.232 e. The van der Waals surface area contributed by atoms with Crippen molar-refractivity contribution in [3.05, 3.63) is 96.3 Å². The molecule has 29 heavy (non-hydrogen) atoms. The van der Waals surface area contributed by atoms with Gasteiger partial charge >= 0.3 is 0 Å². The Kier molecular flexibility index (Phi) is 6.20. The van der Waals surface area contributed by atoms with E-state index < -0.39 is 0 Å². The van der Waals surface area contributed by atoms with Crippen LogP contribution in [-0.4, -0.2) is 30.5 Å². The van der Waals surface area contributed by atoms with Crippen molar-refractivity contribution in [2.45, 2.75) is 18.8 Å². The van der Waals surface area contributed by atoms with Crippen LogP contribution in [0.2, 0.25) is 0 Å². The molecule has 4 nitrogen and oxygen atoms in total. The van der Waals surface area contributed by atoms with Gasteiger partial charge in [-0.2, -0.15) is 0 Å². The molecule has 1 N–H and O–H groups in total. The summed E-state index contributed by atoms with van der Waals surface area (Å²) in [6.07, 6.45) is 5.89. The molecule has 0 saturated carbocycles. The van der Waals surface area contributed by atoms with E-state index >= 15 is 0 Å². The van der Waals surface area contributed by atoms with Crippen LogP contribution in [-0.2, 0) is 4.79 Å². The van der Waals surface area contributed by atoms with Crippen LogP contribution in [0.5, 0.6) is 0 Å². The van der Waals surface area contributed by atoms with Gasteiger partial charge in [-0.15, -0.1) is 0 Å². The van der Waals surface area contributed by atoms with E-state index in [4.69, 9.17) is 0 Å². The van der Waals surface area contributed by atoms with Crippen molar-refractivity contribution in [2.75, 3.05) is 24.5 Å². The molecule has 4 rings (SSSR count). The summed E-state index contributed by atoms with van der Waals surface area (Å²) in [5.74, 6) is 0.323. The van der Waals surface area contributed by atoms with Crippen LogP contribution in [0.1, 0.15) is 29.9 Å². The lowest BCUT2D eigenvalue weighted by Crippen LogP contribution is -2.40. The van der Waals surface area contributed by atoms with E-state index in [9.17, 15) is 4.79 Å². The summed E-state index contributed by atoms with van der Waals surface area (Å²) in [5.41, 5.74) is 3.24. The normalized spacial score (nSPS) is 14.7. The topological polar surface area (TPSA) is 45.2 Å². The third kappa shape index (κ3) is 4.83. The van der Waals surface area contributed by atoms with Gasteiger partial charge in [0.05, 0.1) is 17.8 Å². The molecule has 2 aromatic carbocycles. The zero-order valence-corrected chi connectivity index (χ0v) is 16.6. The predicted octanol–water partition coefficient (Wildman–Crippen LogP) is 4.25. The molecule has 4 heteroatoms. The molecule has 0 aliphatic carbocycles. The number of pyridine rings is 1. The SMILES string of the molecule is O=C(NCC1CCN(c2cccnc2)CC1)C(c1ccccc1)c1ccccc1. The minimum absolute atomic E-state index is 0.0806. The van der Waals surface area contributed by atoms with Gasteiger partial charge < -0.3 is 10.2 Å². The number of nitrogens with zero attached hydrogens (tertiary/aromatic N) is 2. The van der Waals surface area contributed by atoms with Crippen LogP contribution >= 0.6 is 0 Å². The van der Waals surface area contributed by atoms with Crippen molar-refractivity contribution in [3.63, 3.8) is 0 Å². The van der Waals surface area contributed by atoms with Gasteiger partial charge in [0.25, 0.3) is 0 Å². The highest BCUT2D eigenvalue weighted by Crippen LogP contribution is 2.26. The van der Waals surface area contributed by atoms with Crippen molar-refractivity contribution in [3.8, 4) is 0 Å². The lowest BCUT2D eigenvalue weighted by molar-refractivity contribution is -0.121. The van der Waals surface area contributed by atoms with E-state index in [0.29, 0.717) is 5.92 Å². The second-order valence-corrected chi connectivity index (χ2v) is 7.64. The molecule has 1 aliphatic rings. The molecule has 1 fully saturated rings. The van der Waals surface area contributed by atoms with Crippen LogP contribution in [0, 0.1) is 5.92 Å². The zero-order valence-electron chi connectivity index (χ0n) is 16.6. The van der Waals surface area contributed by atoms with Gasteiger partial charge in [-0.3, -0.25) is 9.78 Å². The molecule has 3 aromatic rings. The van der Waals surface area contributed by atoms with Crippen LogP contribution in [0.3, 0.4) is 0 Å². The van der Waals surface area contributed by atoms with Gasteiger partial charge in [0, 0.05) is 25.8 Å². The van der Waals surface area contributed by atoms with E-state index in [2.05, 4.69) is 21.3 Å². The molecule has 0 radical (unpaired) electrons. The average Bonchev–Trinajstić information content (AvgIpc) is 2.80. The molecular weight excluding hydrogens is 358 g/mol. The van der Waals surface area contributed by atoms with Gasteiger partial charge in [0.1, 0.15) is 0 Å². The zero-order chi connectivity index (χ0) is 19.9. The van der Waals surface area contributed by atoms with E-state index in [-0.39, 0.29) is 11.8 Å². The molecule has 1 aromatic heterocycles. The first-order valence-electron chi connectivity index (χ1n) is 10.3. The molecule has 0 bridgehead atoms. The van der Waals surface area contributed by atoms with Gasteiger partial charge in [-0.05, 0) is 42.0 Å². The summed E-state index contributed by atoms with van der Waals surface area (Å²) >= 11 is 0. The van der Waals surface area contributed by atoms with E-state index in [1.807, 2.05) is 79.1 Å². The number of hydrogen-bond acceptors (Lipinski definition) is 3. The molecule has 1 saturated heterocycles. The summed E-state index contributed by atoms with van der Waals surface area (Å²) in [5, 5.41) is 3.23. The second kappa shape index (κ2) is 9.37. The summed E-state index contributed by atoms with van der Waals surface area (Å²) < 4.78 is 0. The fourth-order valence-corrected chi connectivity index (χ4v) is 4.07. The molecule has 0 atom stereocenters. The minimum atomic E-state index is -0.270. The summed E-state index contributed by atoms with van der Waals surface area (Å²) in [4.78, 5) is 19.7. The molecule has 148 valence electrons. The monoisotopic (exact) mass is 385 g/mol. The first kappa shape index (κ1) is 19.2. The molecule has 2 heterocycles. The van der Waals surface area contributed by atoms with E-state index in [1.54, 1.807) is 0 Å². The molecule has 0 unspecified atom stereocenters. The Bertz CT molecular complexity index is 852. The number of carbonyl (C=O) groups excluding carboxylic acids is 1. The highest BCUT2D eigenvalue weighted by atomic mass is 16.1. The maximum absolute atomic E-state index is 13.1. The number of benzene rings is 2. The quantitative estimate of drug-likeness (QED) is 0.690. The number of carbonyl (C=O) groups is 1. The maximum atomic E-state index is 13.1. The Balaban J connectivity index is 1.37. The van der Waals surface area contributed by atoms with Crippen LogP contribution in [0.15, 0.2) is 85.2 Å². The largest absolute Gasteiger partial charge is 0.370 e. The summed E-state index contributed by atoms with van der Waals surface area (Å²) in [7, 11) is 0. The number of piperidine rings is 1. The van der Waals surface area contributed by atoms with E-state index in [1.165, 1.54) is 5.69 Å². The Morgan fingerprint density at radius 1 is 0.931 bits per heavy atom. The predicted molar refractivity (Wildman–Crippen MR) is 117 cm³/mol. The third-order valence-electron chi connectivity index (χ3n) is 5.72. The van der Waals surface area contributed by atoms with Crippen molar-refractivity contribution in [1.82, 2.24) is 10.3 Å². The highest BCUT2D eigenvalue weighted by Gasteiger charge is 2.25. The Morgan fingerprint density at radius 2 is 1.55 bits per heavy atom. The lowest BCUT2D eigenvalue weighted by Gasteiger charge is -2.33. The Morgan fingerprint density at radius 3 is 2.10 bits per heavy atom. The number of nitrogens with one attached hydrogen (secondary N) is 1. The van der Waals surface area contributed by atoms with Crippen LogP contribution in [0.25, 0.3) is 0 Å². The summed E-state index contributed by atoms with van der Waals surface area (Å²) in [6.45, 7) is 2.75. The molecule has 1 amide bonds. The van der Waals surface area contributed by atoms with Crippen molar-refractivity contribution >= 4 is 11.6 Å². The van der Waals surface area contributed by atoms with Gasteiger partial charge in [-0.25, -0.2) is 0 Å². The van der Waals surface area contributed by atoms with Gasteiger partial charge in [0.15, 0.2) is 0 Å². The molecular formula is C25H27N3O. The average molecular weight is 386 g/mol. The first-order valence-corrected chi connectivity index (χ1v) is 10.3. The van der Waals surface area contributed by atoms with Crippen molar-refractivity contribution in [1.29, 1.82) is 0 Å². The van der Waals surface area contributed by atoms with Crippen LogP contribution in [0.4, 0.5) is 5.69 Å². The fraction of sp³-hybridized carbons (Fsp3) is 0.280. The Hall–Kier alpha value is -3.14. The second-order valence-electron chi connectivity index (χ2n) is 7.64. The smallest absolute Gasteiger partial charge is 0.232 e. The number of aromatic nitrogens is 1. The van der Waals surface area contributed by atoms with E-state index in [0.717, 1.165) is 43.6 Å². The number of anilines is 1. The van der Waals surface area contributed by atoms with Gasteiger partial charge in [-0.1, -0.05) is 60.7 Å². The third-order valence-corrected chi connectivity index (χ3v) is 5.72. The van der Waals surface area contributed by atoms with Crippen molar-refractivity contribution < 1.29 is 4.79 Å². The molecule has 1 aliphatic heterocycles. The van der Waals surface area contributed by atoms with Gasteiger partial charge in [0.2, 0.25) is 5.91 Å². The lowest BCUT2D eigenvalue weighted by atomic mass is 9.90. The standard InChI is InChI=1S/C25H27N3O/c29-25(24(21-8-3-1-4-9-21)22-10-5-2-6-11-22)27-18-20-13-16-28(17-14-20)23-12-7-15-26-19-23/h1-12,15,19-20,24H,13-14,16-18H2,(H,27,29). The fourth-order valence-electron chi connectivity index (χ4n) is 4.07. The number of hydrogen-bond donors (Lipinski definition) is 1.